The van der Waals surface area contributed by atoms with Gasteiger partial charge in [-0.05, 0) is 45.9 Å². The molecule has 46 heavy (non-hydrogen) atoms. The minimum absolute atomic E-state index is 0.164. The molecule has 0 fully saturated rings. The standard InChI is InChI=1S/C36H53N3O6Si/c1-22(2)35(41)39(9)31(20-27-21-37-30-15-13-12-14-29(27)30)34(40)38-32(33(43-10)36(42)44-11)26-16-18-28(19-17-26)45-46(23(3)4,24(5)6)25(7)8/h12-19,21-25,31-33,37H,20H2,1-11H3,(H,38,40)/t31-,32+,33-/m1/s1. The van der Waals surface area contributed by atoms with Crippen LogP contribution >= 0.6 is 0 Å². The number of esters is 1. The number of aromatic nitrogens is 1. The highest BCUT2D eigenvalue weighted by Gasteiger charge is 2.47. The fourth-order valence-electron chi connectivity index (χ4n) is 6.84. The van der Waals surface area contributed by atoms with Gasteiger partial charge in [-0.25, -0.2) is 4.79 Å². The summed E-state index contributed by atoms with van der Waals surface area (Å²) in [6.45, 7) is 17.0. The third-order valence-corrected chi connectivity index (χ3v) is 15.2. The number of benzene rings is 2. The number of H-pyrrole nitrogens is 1. The summed E-state index contributed by atoms with van der Waals surface area (Å²) >= 11 is 0. The van der Waals surface area contributed by atoms with Crippen molar-refractivity contribution in [2.24, 2.45) is 5.92 Å². The van der Waals surface area contributed by atoms with Crippen LogP contribution in [0.25, 0.3) is 10.9 Å². The first-order chi connectivity index (χ1) is 21.7. The van der Waals surface area contributed by atoms with Crippen LogP contribution in [-0.4, -0.2) is 69.4 Å². The van der Waals surface area contributed by atoms with Gasteiger partial charge in [0.05, 0.1) is 13.2 Å². The van der Waals surface area contributed by atoms with Crippen LogP contribution in [0.1, 0.15) is 72.6 Å². The largest absolute Gasteiger partial charge is 0.543 e. The number of carbonyl (C=O) groups excluding carboxylic acids is 3. The maximum atomic E-state index is 14.2. The Labute approximate surface area is 275 Å². The Bertz CT molecular complexity index is 1440. The monoisotopic (exact) mass is 651 g/mol. The number of carbonyl (C=O) groups is 3. The van der Waals surface area contributed by atoms with E-state index in [-0.39, 0.29) is 18.2 Å². The van der Waals surface area contributed by atoms with Gasteiger partial charge in [-0.2, -0.15) is 0 Å². The Hall–Kier alpha value is -3.63. The fraction of sp³-hybridized carbons (Fsp3) is 0.528. The predicted octanol–water partition coefficient (Wildman–Crippen LogP) is 6.79. The van der Waals surface area contributed by atoms with Crippen LogP contribution in [0.15, 0.2) is 54.7 Å². The van der Waals surface area contributed by atoms with Crippen molar-refractivity contribution in [3.05, 3.63) is 65.9 Å². The first-order valence-electron chi connectivity index (χ1n) is 16.2. The lowest BCUT2D eigenvalue weighted by Crippen LogP contribution is -2.53. The second-order valence-electron chi connectivity index (χ2n) is 13.3. The van der Waals surface area contributed by atoms with Crippen LogP contribution in [0.5, 0.6) is 5.75 Å². The molecule has 0 saturated carbocycles. The zero-order valence-corrected chi connectivity index (χ0v) is 30.3. The average molecular weight is 652 g/mol. The molecule has 0 saturated heterocycles. The molecule has 0 aliphatic rings. The zero-order valence-electron chi connectivity index (χ0n) is 29.3. The highest BCUT2D eigenvalue weighted by Crippen LogP contribution is 2.43. The van der Waals surface area contributed by atoms with E-state index in [9.17, 15) is 14.4 Å². The van der Waals surface area contributed by atoms with Gasteiger partial charge in [0.2, 0.25) is 11.8 Å². The van der Waals surface area contributed by atoms with E-state index < -0.39 is 38.4 Å². The summed E-state index contributed by atoms with van der Waals surface area (Å²) in [5.41, 5.74) is 3.69. The summed E-state index contributed by atoms with van der Waals surface area (Å²) < 4.78 is 17.5. The molecule has 0 radical (unpaired) electrons. The van der Waals surface area contributed by atoms with E-state index in [0.29, 0.717) is 22.2 Å². The number of ether oxygens (including phenoxy) is 2. The second kappa shape index (κ2) is 15.8. The van der Waals surface area contributed by atoms with E-state index in [1.165, 1.54) is 19.1 Å². The van der Waals surface area contributed by atoms with Gasteiger partial charge in [0.25, 0.3) is 8.32 Å². The van der Waals surface area contributed by atoms with Crippen LogP contribution in [0.2, 0.25) is 16.6 Å². The SMILES string of the molecule is COC(=O)[C@H](OC)[C@@H](NC(=O)[C@@H](Cc1c[nH]c2ccccc12)N(C)C(=O)C(C)C)c1ccc(O[Si](C(C)C)(C(C)C)C(C)C)cc1. The van der Waals surface area contributed by atoms with Crippen LogP contribution in [-0.2, 0) is 30.3 Å². The lowest BCUT2D eigenvalue weighted by molar-refractivity contribution is -0.155. The summed E-state index contributed by atoms with van der Waals surface area (Å²) in [7, 11) is 2.14. The van der Waals surface area contributed by atoms with Gasteiger partial charge in [0.1, 0.15) is 11.8 Å². The van der Waals surface area contributed by atoms with Crippen molar-refractivity contribution >= 4 is 37.0 Å². The topological polar surface area (TPSA) is 110 Å². The molecule has 0 bridgehead atoms. The molecule has 0 unspecified atom stereocenters. The van der Waals surface area contributed by atoms with E-state index >= 15 is 0 Å². The molecule has 3 rings (SSSR count). The van der Waals surface area contributed by atoms with Crippen molar-refractivity contribution in [3.8, 4) is 5.75 Å². The summed E-state index contributed by atoms with van der Waals surface area (Å²) in [4.78, 5) is 45.1. The molecule has 9 nitrogen and oxygen atoms in total. The van der Waals surface area contributed by atoms with Crippen molar-refractivity contribution in [3.63, 3.8) is 0 Å². The number of hydrogen-bond acceptors (Lipinski definition) is 6. The Morgan fingerprint density at radius 3 is 1.98 bits per heavy atom. The third-order valence-electron chi connectivity index (χ3n) is 9.23. The molecular weight excluding hydrogens is 598 g/mol. The maximum Gasteiger partial charge on any atom is 0.337 e. The first kappa shape index (κ1) is 36.8. The smallest absolute Gasteiger partial charge is 0.337 e. The molecule has 3 atom stereocenters. The van der Waals surface area contributed by atoms with Gasteiger partial charge in [-0.1, -0.05) is 85.7 Å². The number of likely N-dealkylation sites (N-methyl/N-ethyl adjacent to an activating group) is 1. The van der Waals surface area contributed by atoms with Crippen molar-refractivity contribution in [1.82, 2.24) is 15.2 Å². The number of rotatable bonds is 15. The molecule has 2 aromatic carbocycles. The number of methoxy groups -OCH3 is 2. The Morgan fingerprint density at radius 2 is 1.46 bits per heavy atom. The Morgan fingerprint density at radius 1 is 0.870 bits per heavy atom. The summed E-state index contributed by atoms with van der Waals surface area (Å²) in [5, 5.41) is 4.03. The zero-order chi connectivity index (χ0) is 34.3. The normalized spacial score (nSPS) is 14.1. The van der Waals surface area contributed by atoms with Crippen molar-refractivity contribution in [1.29, 1.82) is 0 Å². The van der Waals surface area contributed by atoms with Gasteiger partial charge >= 0.3 is 5.97 Å². The van der Waals surface area contributed by atoms with Crippen LogP contribution in [0, 0.1) is 5.92 Å². The summed E-state index contributed by atoms with van der Waals surface area (Å²) in [6, 6.07) is 13.6. The van der Waals surface area contributed by atoms with Crippen LogP contribution in [0.3, 0.4) is 0 Å². The van der Waals surface area contributed by atoms with Gasteiger partial charge < -0.3 is 29.1 Å². The molecule has 1 heterocycles. The van der Waals surface area contributed by atoms with E-state index in [2.05, 4.69) is 51.8 Å². The van der Waals surface area contributed by atoms with E-state index in [0.717, 1.165) is 22.2 Å². The lowest BCUT2D eigenvalue weighted by Gasteiger charge is -2.42. The number of para-hydroxylation sites is 1. The van der Waals surface area contributed by atoms with Crippen molar-refractivity contribution in [2.45, 2.75) is 96.6 Å². The lowest BCUT2D eigenvalue weighted by atomic mass is 9.98. The van der Waals surface area contributed by atoms with E-state index in [1.807, 2.05) is 54.7 Å². The number of hydrogen-bond donors (Lipinski definition) is 2. The second-order valence-corrected chi connectivity index (χ2v) is 18.7. The predicted molar refractivity (Wildman–Crippen MR) is 185 cm³/mol. The molecule has 2 amide bonds. The highest BCUT2D eigenvalue weighted by molar-refractivity contribution is 6.78. The molecule has 0 aliphatic carbocycles. The number of aromatic amines is 1. The van der Waals surface area contributed by atoms with Gasteiger partial charge in [0.15, 0.2) is 6.10 Å². The average Bonchev–Trinajstić information content (AvgIpc) is 3.43. The molecular formula is C36H53N3O6Si. The number of nitrogens with one attached hydrogen (secondary N) is 2. The van der Waals surface area contributed by atoms with Crippen LogP contribution < -0.4 is 9.74 Å². The van der Waals surface area contributed by atoms with Crippen molar-refractivity contribution in [2.75, 3.05) is 21.3 Å². The number of amides is 2. The van der Waals surface area contributed by atoms with E-state index in [4.69, 9.17) is 13.9 Å². The van der Waals surface area contributed by atoms with E-state index in [1.54, 1.807) is 20.9 Å². The third kappa shape index (κ3) is 7.83. The highest BCUT2D eigenvalue weighted by atomic mass is 28.4. The fourth-order valence-corrected chi connectivity index (χ4v) is 12.1. The molecule has 0 aliphatic heterocycles. The minimum Gasteiger partial charge on any atom is -0.543 e. The Kier molecular flexibility index (Phi) is 12.6. The minimum atomic E-state index is -2.20. The Balaban J connectivity index is 2.02. The summed E-state index contributed by atoms with van der Waals surface area (Å²) in [5.74, 6) is -0.764. The molecule has 1 aromatic heterocycles. The molecule has 0 spiro atoms. The first-order valence-corrected chi connectivity index (χ1v) is 18.3. The van der Waals surface area contributed by atoms with Gasteiger partial charge in [-0.15, -0.1) is 0 Å². The molecule has 2 N–H and O–H groups in total. The summed E-state index contributed by atoms with van der Waals surface area (Å²) in [6.07, 6.45) is 1.01. The molecule has 10 heteroatoms. The van der Waals surface area contributed by atoms with Crippen LogP contribution in [0.4, 0.5) is 0 Å². The number of fused-ring (bicyclic) bond motifs is 1. The van der Waals surface area contributed by atoms with Crippen molar-refractivity contribution < 1.29 is 28.3 Å². The number of nitrogens with zero attached hydrogens (tertiary/aromatic N) is 1. The molecule has 3 aromatic rings. The quantitative estimate of drug-likeness (QED) is 0.138. The molecule has 252 valence electrons. The van der Waals surface area contributed by atoms with Gasteiger partial charge in [-0.3, -0.25) is 9.59 Å². The van der Waals surface area contributed by atoms with Gasteiger partial charge in [0, 0.05) is 43.6 Å². The maximum absolute atomic E-state index is 14.2.